The van der Waals surface area contributed by atoms with Crippen LogP contribution in [0.15, 0.2) is 29.2 Å². The van der Waals surface area contributed by atoms with E-state index in [1.54, 1.807) is 12.1 Å². The molecular formula is C14H24N2O4S. The van der Waals surface area contributed by atoms with Crippen LogP contribution in [0.5, 0.6) is 5.75 Å². The number of benzene rings is 1. The molecule has 7 heteroatoms. The van der Waals surface area contributed by atoms with Gasteiger partial charge in [-0.15, -0.1) is 0 Å². The van der Waals surface area contributed by atoms with Crippen LogP contribution in [-0.2, 0) is 14.8 Å². The average molecular weight is 316 g/mol. The summed E-state index contributed by atoms with van der Waals surface area (Å²) in [5, 5.41) is 0. The molecule has 0 saturated heterocycles. The van der Waals surface area contributed by atoms with Crippen LogP contribution in [0, 0.1) is 0 Å². The number of unbranched alkanes of at least 4 members (excludes halogenated alkanes) is 1. The smallest absolute Gasteiger partial charge is 0.240 e. The number of hydrogen-bond acceptors (Lipinski definition) is 5. The highest BCUT2D eigenvalue weighted by molar-refractivity contribution is 7.89. The van der Waals surface area contributed by atoms with E-state index in [2.05, 4.69) is 4.72 Å². The molecule has 120 valence electrons. The van der Waals surface area contributed by atoms with E-state index < -0.39 is 10.0 Å². The number of nitrogens with one attached hydrogen (secondary N) is 1. The lowest BCUT2D eigenvalue weighted by Gasteiger charge is -2.09. The molecule has 0 aromatic heterocycles. The highest BCUT2D eigenvalue weighted by Gasteiger charge is 2.12. The van der Waals surface area contributed by atoms with Crippen molar-refractivity contribution in [3.05, 3.63) is 24.3 Å². The second kappa shape index (κ2) is 9.73. The summed E-state index contributed by atoms with van der Waals surface area (Å²) in [6, 6.07) is 6.34. The van der Waals surface area contributed by atoms with Crippen molar-refractivity contribution in [2.24, 2.45) is 5.73 Å². The normalized spacial score (nSPS) is 11.5. The number of nitrogens with two attached hydrogens (primary N) is 1. The monoisotopic (exact) mass is 316 g/mol. The Kier molecular flexibility index (Phi) is 8.29. The molecule has 1 aromatic rings. The van der Waals surface area contributed by atoms with Gasteiger partial charge in [0.05, 0.1) is 11.5 Å². The van der Waals surface area contributed by atoms with Crippen molar-refractivity contribution in [1.82, 2.24) is 4.72 Å². The summed E-state index contributed by atoms with van der Waals surface area (Å²) in [4.78, 5) is 0.229. The number of sulfonamides is 1. The van der Waals surface area contributed by atoms with Crippen LogP contribution in [0.1, 0.15) is 19.8 Å². The summed E-state index contributed by atoms with van der Waals surface area (Å²) in [5.74, 6) is 0.622. The number of hydrogen-bond donors (Lipinski definition) is 2. The molecular weight excluding hydrogens is 292 g/mol. The lowest BCUT2D eigenvalue weighted by atomic mass is 10.3. The third-order valence-electron chi connectivity index (χ3n) is 2.76. The topological polar surface area (TPSA) is 90.6 Å². The Labute approximate surface area is 126 Å². The molecule has 3 N–H and O–H groups in total. The van der Waals surface area contributed by atoms with Crippen LogP contribution in [0.4, 0.5) is 0 Å². The number of rotatable bonds is 11. The molecule has 0 spiro atoms. The zero-order chi connectivity index (χ0) is 15.6. The first kappa shape index (κ1) is 17.9. The third-order valence-corrected chi connectivity index (χ3v) is 4.23. The molecule has 1 aromatic carbocycles. The predicted octanol–water partition coefficient (Wildman–Crippen LogP) is 1.12. The molecule has 6 nitrogen and oxygen atoms in total. The summed E-state index contributed by atoms with van der Waals surface area (Å²) < 4.78 is 37.1. The molecule has 1 rings (SSSR count). The van der Waals surface area contributed by atoms with E-state index in [4.69, 9.17) is 15.2 Å². The van der Waals surface area contributed by atoms with Gasteiger partial charge in [0.15, 0.2) is 0 Å². The minimum absolute atomic E-state index is 0.229. The van der Waals surface area contributed by atoms with E-state index in [-0.39, 0.29) is 4.90 Å². The fourth-order valence-corrected chi connectivity index (χ4v) is 2.71. The van der Waals surface area contributed by atoms with E-state index >= 15 is 0 Å². The van der Waals surface area contributed by atoms with E-state index in [1.165, 1.54) is 12.1 Å². The van der Waals surface area contributed by atoms with Gasteiger partial charge in [-0.2, -0.15) is 0 Å². The molecule has 0 saturated carbocycles. The van der Waals surface area contributed by atoms with Crippen molar-refractivity contribution in [2.75, 3.05) is 32.9 Å². The maximum atomic E-state index is 12.0. The first-order valence-corrected chi connectivity index (χ1v) is 8.59. The van der Waals surface area contributed by atoms with Gasteiger partial charge in [0.2, 0.25) is 10.0 Å². The number of ether oxygens (including phenoxy) is 2. The third kappa shape index (κ3) is 6.90. The maximum absolute atomic E-state index is 12.0. The largest absolute Gasteiger partial charge is 0.491 e. The molecule has 0 amide bonds. The predicted molar refractivity (Wildman–Crippen MR) is 81.9 cm³/mol. The quantitative estimate of drug-likeness (QED) is 0.597. The van der Waals surface area contributed by atoms with Crippen molar-refractivity contribution >= 4 is 10.0 Å². The second-order valence-corrected chi connectivity index (χ2v) is 6.18. The molecule has 0 aliphatic carbocycles. The summed E-state index contributed by atoms with van der Waals surface area (Å²) in [6.07, 6.45) is 1.53. The fourth-order valence-electron chi connectivity index (χ4n) is 1.64. The molecule has 21 heavy (non-hydrogen) atoms. The van der Waals surface area contributed by atoms with Crippen molar-refractivity contribution in [2.45, 2.75) is 24.7 Å². The summed E-state index contributed by atoms with van der Waals surface area (Å²) in [5.41, 5.74) is 5.36. The lowest BCUT2D eigenvalue weighted by molar-refractivity contribution is 0.110. The minimum atomic E-state index is -3.46. The van der Waals surface area contributed by atoms with Gasteiger partial charge in [0.1, 0.15) is 12.4 Å². The van der Waals surface area contributed by atoms with Crippen LogP contribution in [0.25, 0.3) is 0 Å². The molecule has 0 atom stereocenters. The van der Waals surface area contributed by atoms with Gasteiger partial charge in [-0.3, -0.25) is 0 Å². The second-order valence-electron chi connectivity index (χ2n) is 4.41. The van der Waals surface area contributed by atoms with Crippen LogP contribution in [0.2, 0.25) is 0 Å². The zero-order valence-corrected chi connectivity index (χ0v) is 13.2. The van der Waals surface area contributed by atoms with Gasteiger partial charge in [0, 0.05) is 13.2 Å². The van der Waals surface area contributed by atoms with Crippen LogP contribution in [0.3, 0.4) is 0 Å². The summed E-state index contributed by atoms with van der Waals surface area (Å²) >= 11 is 0. The van der Waals surface area contributed by atoms with Crippen LogP contribution < -0.4 is 15.2 Å². The van der Waals surface area contributed by atoms with Gasteiger partial charge < -0.3 is 15.2 Å². The highest BCUT2D eigenvalue weighted by Crippen LogP contribution is 2.15. The zero-order valence-electron chi connectivity index (χ0n) is 12.4. The Bertz CT molecular complexity index is 488. The van der Waals surface area contributed by atoms with Crippen LogP contribution >= 0.6 is 0 Å². The standard InChI is InChI=1S/C14H24N2O4S/c1-2-19-11-12-20-13-5-7-14(8-6-13)21(17,18)16-10-4-3-9-15/h5-8,16H,2-4,9-12,15H2,1H3. The van der Waals surface area contributed by atoms with E-state index in [0.717, 1.165) is 12.8 Å². The molecule has 0 aliphatic heterocycles. The summed E-state index contributed by atoms with van der Waals surface area (Å²) in [7, 11) is -3.46. The maximum Gasteiger partial charge on any atom is 0.240 e. The Balaban J connectivity index is 2.48. The van der Waals surface area contributed by atoms with E-state index in [1.807, 2.05) is 6.92 Å². The average Bonchev–Trinajstić information content (AvgIpc) is 2.49. The van der Waals surface area contributed by atoms with Crippen LogP contribution in [-0.4, -0.2) is 41.3 Å². The molecule has 0 unspecified atom stereocenters. The minimum Gasteiger partial charge on any atom is -0.491 e. The summed E-state index contributed by atoms with van der Waals surface area (Å²) in [6.45, 7) is 4.48. The Morgan fingerprint density at radius 2 is 1.86 bits per heavy atom. The highest BCUT2D eigenvalue weighted by atomic mass is 32.2. The Hall–Kier alpha value is -1.15. The van der Waals surface area contributed by atoms with Gasteiger partial charge in [-0.05, 0) is 50.6 Å². The molecule has 0 heterocycles. The van der Waals surface area contributed by atoms with Crippen molar-refractivity contribution < 1.29 is 17.9 Å². The molecule has 0 bridgehead atoms. The Morgan fingerprint density at radius 1 is 1.14 bits per heavy atom. The SMILES string of the molecule is CCOCCOc1ccc(S(=O)(=O)NCCCCN)cc1. The fraction of sp³-hybridized carbons (Fsp3) is 0.571. The van der Waals surface area contributed by atoms with Crippen molar-refractivity contribution in [1.29, 1.82) is 0 Å². The van der Waals surface area contributed by atoms with Crippen molar-refractivity contribution in [3.8, 4) is 5.75 Å². The van der Waals surface area contributed by atoms with Gasteiger partial charge in [-0.25, -0.2) is 13.1 Å². The lowest BCUT2D eigenvalue weighted by Crippen LogP contribution is -2.25. The molecule has 0 radical (unpaired) electrons. The van der Waals surface area contributed by atoms with Gasteiger partial charge in [-0.1, -0.05) is 0 Å². The van der Waals surface area contributed by atoms with Crippen molar-refractivity contribution in [3.63, 3.8) is 0 Å². The van der Waals surface area contributed by atoms with Gasteiger partial charge in [0.25, 0.3) is 0 Å². The first-order valence-electron chi connectivity index (χ1n) is 7.10. The van der Waals surface area contributed by atoms with E-state index in [9.17, 15) is 8.42 Å². The Morgan fingerprint density at radius 3 is 2.48 bits per heavy atom. The molecule has 0 fully saturated rings. The van der Waals surface area contributed by atoms with Gasteiger partial charge >= 0.3 is 0 Å². The van der Waals surface area contributed by atoms with E-state index in [0.29, 0.717) is 38.7 Å². The molecule has 0 aliphatic rings. The first-order chi connectivity index (χ1) is 10.1.